The van der Waals surface area contributed by atoms with E-state index >= 15 is 0 Å². The van der Waals surface area contributed by atoms with Crippen LogP contribution in [0.2, 0.25) is 0 Å². The van der Waals surface area contributed by atoms with Gasteiger partial charge in [-0.05, 0) is 49.2 Å². The van der Waals surface area contributed by atoms with Crippen molar-refractivity contribution in [2.24, 2.45) is 0 Å². The van der Waals surface area contributed by atoms with Crippen molar-refractivity contribution >= 4 is 22.4 Å². The van der Waals surface area contributed by atoms with Crippen molar-refractivity contribution in [3.8, 4) is 0 Å². The third-order valence-electron chi connectivity index (χ3n) is 3.75. The number of hydrogen-bond donors (Lipinski definition) is 2. The van der Waals surface area contributed by atoms with Crippen LogP contribution in [-0.2, 0) is 0 Å². The van der Waals surface area contributed by atoms with Crippen LogP contribution in [0.5, 0.6) is 0 Å². The fourth-order valence-electron chi connectivity index (χ4n) is 2.54. The lowest BCUT2D eigenvalue weighted by Crippen LogP contribution is -2.05. The molecule has 0 saturated carbocycles. The molecule has 2 aromatic carbocycles. The first-order chi connectivity index (χ1) is 9.97. The maximum absolute atomic E-state index is 13.4. The molecule has 3 N–H and O–H groups in total. The first-order valence-corrected chi connectivity index (χ1v) is 6.65. The number of hydrogen-bond acceptors (Lipinski definition) is 2. The van der Waals surface area contributed by atoms with Gasteiger partial charge in [-0.3, -0.25) is 4.79 Å². The van der Waals surface area contributed by atoms with Gasteiger partial charge in [0.1, 0.15) is 5.82 Å². The molecular weight excluding hydrogens is 267 g/mol. The van der Waals surface area contributed by atoms with Crippen molar-refractivity contribution in [3.05, 3.63) is 64.6 Å². The zero-order chi connectivity index (χ0) is 15.1. The van der Waals surface area contributed by atoms with E-state index in [9.17, 15) is 9.18 Å². The molecule has 0 unspecified atom stereocenters. The Morgan fingerprint density at radius 3 is 2.62 bits per heavy atom. The fraction of sp³-hybridized carbons (Fsp3) is 0.118. The molecule has 4 heteroatoms. The highest BCUT2D eigenvalue weighted by Gasteiger charge is 2.17. The number of benzene rings is 2. The zero-order valence-corrected chi connectivity index (χ0v) is 11.8. The van der Waals surface area contributed by atoms with Gasteiger partial charge in [0, 0.05) is 33.9 Å². The Bertz CT molecular complexity index is 865. The van der Waals surface area contributed by atoms with Crippen LogP contribution in [0.15, 0.2) is 36.5 Å². The van der Waals surface area contributed by atoms with Crippen LogP contribution < -0.4 is 5.73 Å². The number of aromatic amines is 1. The van der Waals surface area contributed by atoms with Crippen molar-refractivity contribution < 1.29 is 9.18 Å². The maximum atomic E-state index is 13.4. The molecule has 0 saturated heterocycles. The Hall–Kier alpha value is -2.62. The number of nitrogens with one attached hydrogen (secondary N) is 1. The lowest BCUT2D eigenvalue weighted by molar-refractivity contribution is 0.104. The minimum atomic E-state index is -0.365. The summed E-state index contributed by atoms with van der Waals surface area (Å²) in [4.78, 5) is 15.7. The molecule has 0 atom stereocenters. The summed E-state index contributed by atoms with van der Waals surface area (Å²) in [5.41, 5.74) is 10.0. The topological polar surface area (TPSA) is 58.9 Å². The molecular formula is C17H15FN2O. The number of halogens is 1. The Morgan fingerprint density at radius 1 is 1.10 bits per heavy atom. The molecule has 3 nitrogen and oxygen atoms in total. The number of carbonyl (C=O) groups excluding carboxylic acids is 1. The van der Waals surface area contributed by atoms with Crippen LogP contribution in [0.3, 0.4) is 0 Å². The molecule has 1 aromatic heterocycles. The molecule has 0 aliphatic heterocycles. The Kier molecular flexibility index (Phi) is 3.01. The summed E-state index contributed by atoms with van der Waals surface area (Å²) in [7, 11) is 0. The predicted molar refractivity (Wildman–Crippen MR) is 82.0 cm³/mol. The molecule has 21 heavy (non-hydrogen) atoms. The number of aromatic nitrogens is 1. The van der Waals surface area contributed by atoms with Crippen LogP contribution in [-0.4, -0.2) is 10.8 Å². The molecule has 0 aliphatic carbocycles. The van der Waals surface area contributed by atoms with Crippen molar-refractivity contribution in [1.82, 2.24) is 4.98 Å². The van der Waals surface area contributed by atoms with Gasteiger partial charge >= 0.3 is 0 Å². The molecule has 0 amide bonds. The van der Waals surface area contributed by atoms with E-state index in [2.05, 4.69) is 4.98 Å². The number of H-pyrrole nitrogens is 1. The van der Waals surface area contributed by atoms with Crippen LogP contribution >= 0.6 is 0 Å². The highest BCUT2D eigenvalue weighted by Crippen LogP contribution is 2.25. The van der Waals surface area contributed by atoms with Gasteiger partial charge in [0.2, 0.25) is 0 Å². The van der Waals surface area contributed by atoms with Crippen LogP contribution in [0, 0.1) is 19.7 Å². The van der Waals surface area contributed by atoms with Gasteiger partial charge in [-0.25, -0.2) is 4.39 Å². The highest BCUT2D eigenvalue weighted by molar-refractivity contribution is 6.17. The SMILES string of the molecule is Cc1cc(C)c(C(=O)c2c[nH]c3ccc(F)cc23)cc1N. The summed E-state index contributed by atoms with van der Waals surface area (Å²) in [5.74, 6) is -0.521. The Labute approximate surface area is 121 Å². The number of nitrogen functional groups attached to an aromatic ring is 1. The third kappa shape index (κ3) is 2.18. The minimum absolute atomic E-state index is 0.156. The smallest absolute Gasteiger partial charge is 0.195 e. The van der Waals surface area contributed by atoms with E-state index in [-0.39, 0.29) is 11.6 Å². The van der Waals surface area contributed by atoms with Gasteiger partial charge in [-0.1, -0.05) is 6.07 Å². The summed E-state index contributed by atoms with van der Waals surface area (Å²) in [6, 6.07) is 7.93. The monoisotopic (exact) mass is 282 g/mol. The Morgan fingerprint density at radius 2 is 1.86 bits per heavy atom. The summed E-state index contributed by atoms with van der Waals surface area (Å²) in [5, 5.41) is 0.582. The van der Waals surface area contributed by atoms with Crippen LogP contribution in [0.25, 0.3) is 10.9 Å². The van der Waals surface area contributed by atoms with Gasteiger partial charge in [0.15, 0.2) is 5.78 Å². The van der Waals surface area contributed by atoms with E-state index in [1.54, 1.807) is 18.3 Å². The van der Waals surface area contributed by atoms with E-state index in [0.717, 1.165) is 16.6 Å². The van der Waals surface area contributed by atoms with Crippen LogP contribution in [0.1, 0.15) is 27.0 Å². The molecule has 0 radical (unpaired) electrons. The summed E-state index contributed by atoms with van der Waals surface area (Å²) in [6.07, 6.45) is 1.61. The molecule has 3 rings (SSSR count). The molecule has 3 aromatic rings. The van der Waals surface area contributed by atoms with Gasteiger partial charge < -0.3 is 10.7 Å². The summed E-state index contributed by atoms with van der Waals surface area (Å²) < 4.78 is 13.4. The van der Waals surface area contributed by atoms with Gasteiger partial charge in [0.05, 0.1) is 0 Å². The number of carbonyl (C=O) groups is 1. The largest absolute Gasteiger partial charge is 0.398 e. The van der Waals surface area contributed by atoms with Gasteiger partial charge in [-0.15, -0.1) is 0 Å². The minimum Gasteiger partial charge on any atom is -0.398 e. The quantitative estimate of drug-likeness (QED) is 0.555. The van der Waals surface area contributed by atoms with Gasteiger partial charge in [0.25, 0.3) is 0 Å². The van der Waals surface area contributed by atoms with E-state index in [0.29, 0.717) is 22.2 Å². The number of rotatable bonds is 2. The fourth-order valence-corrected chi connectivity index (χ4v) is 2.54. The summed E-state index contributed by atoms with van der Waals surface area (Å²) >= 11 is 0. The first-order valence-electron chi connectivity index (χ1n) is 6.65. The molecule has 106 valence electrons. The first kappa shape index (κ1) is 13.4. The molecule has 0 fully saturated rings. The second-order valence-corrected chi connectivity index (χ2v) is 5.25. The summed E-state index contributed by atoms with van der Waals surface area (Å²) in [6.45, 7) is 3.77. The van der Waals surface area contributed by atoms with Crippen molar-refractivity contribution in [2.45, 2.75) is 13.8 Å². The average molecular weight is 282 g/mol. The van der Waals surface area contributed by atoms with Crippen molar-refractivity contribution in [2.75, 3.05) is 5.73 Å². The van der Waals surface area contributed by atoms with E-state index < -0.39 is 0 Å². The average Bonchev–Trinajstić information content (AvgIpc) is 2.85. The molecule has 0 bridgehead atoms. The number of ketones is 1. The number of anilines is 1. The maximum Gasteiger partial charge on any atom is 0.195 e. The lowest BCUT2D eigenvalue weighted by Gasteiger charge is -2.08. The van der Waals surface area contributed by atoms with Crippen molar-refractivity contribution in [1.29, 1.82) is 0 Å². The number of fused-ring (bicyclic) bond motifs is 1. The standard InChI is InChI=1S/C17H15FN2O/c1-9-5-10(2)15(19)7-12(9)17(21)14-8-20-16-4-3-11(18)6-13(14)16/h3-8,20H,19H2,1-2H3. The van der Waals surface area contributed by atoms with E-state index in [4.69, 9.17) is 5.73 Å². The van der Waals surface area contributed by atoms with Gasteiger partial charge in [-0.2, -0.15) is 0 Å². The third-order valence-corrected chi connectivity index (χ3v) is 3.75. The second-order valence-electron chi connectivity index (χ2n) is 5.25. The molecule has 0 aliphatic rings. The predicted octanol–water partition coefficient (Wildman–Crippen LogP) is 3.74. The van der Waals surface area contributed by atoms with E-state index in [1.807, 2.05) is 19.9 Å². The van der Waals surface area contributed by atoms with Crippen LogP contribution in [0.4, 0.5) is 10.1 Å². The number of nitrogens with two attached hydrogens (primary N) is 1. The molecule has 0 spiro atoms. The number of aryl methyl sites for hydroxylation is 2. The highest BCUT2D eigenvalue weighted by atomic mass is 19.1. The van der Waals surface area contributed by atoms with E-state index in [1.165, 1.54) is 12.1 Å². The second kappa shape index (κ2) is 4.74. The lowest BCUT2D eigenvalue weighted by atomic mass is 9.96. The zero-order valence-electron chi connectivity index (χ0n) is 11.8. The molecule has 1 heterocycles. The van der Waals surface area contributed by atoms with Crippen molar-refractivity contribution in [3.63, 3.8) is 0 Å². The Balaban J connectivity index is 2.17. The normalized spacial score (nSPS) is 11.0.